The molecule has 0 aliphatic carbocycles. The van der Waals surface area contributed by atoms with Crippen molar-refractivity contribution in [3.8, 4) is 0 Å². The average Bonchev–Trinajstić information content (AvgIpc) is 1.88. The van der Waals surface area contributed by atoms with Crippen molar-refractivity contribution in [3.05, 3.63) is 0 Å². The van der Waals surface area contributed by atoms with Gasteiger partial charge in [0, 0.05) is 0 Å². The third-order valence-corrected chi connectivity index (χ3v) is 7.09. The molecule has 0 aromatic heterocycles. The minimum Gasteiger partial charge on any atom is -0.314 e. The summed E-state index contributed by atoms with van der Waals surface area (Å²) >= 11 is 6.31. The Balaban J connectivity index is 3.94. The van der Waals surface area contributed by atoms with Crippen LogP contribution < -0.4 is 4.98 Å². The second kappa shape index (κ2) is 4.33. The first-order valence-electron chi connectivity index (χ1n) is 3.68. The maximum Gasteiger partial charge on any atom is 0.304 e. The standard InChI is InChI=1S/C6H17ClN2Si/c1-5-8-10(7,6-2)9(3)4/h8H,5-6H2,1-4H3. The molecular formula is C6H17ClN2Si. The normalized spacial score (nSPS) is 17.4. The summed E-state index contributed by atoms with van der Waals surface area (Å²) in [6.45, 7) is 5.17. The fourth-order valence-corrected chi connectivity index (χ4v) is 3.01. The molecule has 1 atom stereocenters. The van der Waals surface area contributed by atoms with Crippen LogP contribution in [0, 0.1) is 0 Å². The summed E-state index contributed by atoms with van der Waals surface area (Å²) in [5, 5.41) is 0. The van der Waals surface area contributed by atoms with E-state index in [1.54, 1.807) is 0 Å². The Hall–Kier alpha value is 0.427. The molecule has 0 aromatic rings. The van der Waals surface area contributed by atoms with E-state index in [1.165, 1.54) is 0 Å². The summed E-state index contributed by atoms with van der Waals surface area (Å²) < 4.78 is 2.12. The zero-order chi connectivity index (χ0) is 8.20. The Morgan fingerprint density at radius 3 is 2.00 bits per heavy atom. The Morgan fingerprint density at radius 1 is 1.40 bits per heavy atom. The summed E-state index contributed by atoms with van der Waals surface area (Å²) in [4.78, 5) is 3.34. The van der Waals surface area contributed by atoms with Crippen LogP contribution in [-0.4, -0.2) is 32.9 Å². The van der Waals surface area contributed by atoms with E-state index < -0.39 is 7.71 Å². The van der Waals surface area contributed by atoms with Crippen molar-refractivity contribution in [1.29, 1.82) is 0 Å². The molecular weight excluding hydrogens is 164 g/mol. The van der Waals surface area contributed by atoms with Crippen LogP contribution in [-0.2, 0) is 0 Å². The predicted molar refractivity (Wildman–Crippen MR) is 49.5 cm³/mol. The van der Waals surface area contributed by atoms with Gasteiger partial charge in [-0.15, -0.1) is 11.1 Å². The Morgan fingerprint density at radius 2 is 1.90 bits per heavy atom. The molecule has 0 amide bonds. The van der Waals surface area contributed by atoms with Crippen molar-refractivity contribution in [2.24, 2.45) is 0 Å². The zero-order valence-corrected chi connectivity index (χ0v) is 9.00. The lowest BCUT2D eigenvalue weighted by atomic mass is 10.8. The summed E-state index contributed by atoms with van der Waals surface area (Å²) in [6.07, 6.45) is 0. The second-order valence-corrected chi connectivity index (χ2v) is 7.89. The van der Waals surface area contributed by atoms with Gasteiger partial charge in [0.1, 0.15) is 0 Å². The maximum atomic E-state index is 6.31. The van der Waals surface area contributed by atoms with Gasteiger partial charge in [0.05, 0.1) is 0 Å². The largest absolute Gasteiger partial charge is 0.314 e. The highest BCUT2D eigenvalue weighted by molar-refractivity contribution is 7.17. The van der Waals surface area contributed by atoms with E-state index in [1.807, 2.05) is 14.1 Å². The first kappa shape index (κ1) is 10.4. The molecule has 0 saturated carbocycles. The highest BCUT2D eigenvalue weighted by Gasteiger charge is 2.30. The summed E-state index contributed by atoms with van der Waals surface area (Å²) in [5.41, 5.74) is 0. The van der Waals surface area contributed by atoms with Crippen LogP contribution in [0.1, 0.15) is 13.8 Å². The van der Waals surface area contributed by atoms with E-state index in [9.17, 15) is 0 Å². The van der Waals surface area contributed by atoms with Gasteiger partial charge in [0.2, 0.25) is 0 Å². The molecule has 0 bridgehead atoms. The van der Waals surface area contributed by atoms with Gasteiger partial charge in [-0.1, -0.05) is 13.8 Å². The third-order valence-electron chi connectivity index (χ3n) is 1.63. The maximum absolute atomic E-state index is 6.31. The summed E-state index contributed by atoms with van der Waals surface area (Å²) in [6, 6.07) is 1.04. The van der Waals surface area contributed by atoms with Crippen LogP contribution >= 0.6 is 11.1 Å². The molecule has 0 radical (unpaired) electrons. The molecule has 0 aromatic carbocycles. The van der Waals surface area contributed by atoms with Gasteiger partial charge in [0.25, 0.3) is 0 Å². The number of hydrogen-bond acceptors (Lipinski definition) is 2. The molecule has 1 unspecified atom stereocenters. The van der Waals surface area contributed by atoms with Crippen LogP contribution in [0.4, 0.5) is 0 Å². The van der Waals surface area contributed by atoms with Crippen LogP contribution in [0.5, 0.6) is 0 Å². The molecule has 1 N–H and O–H groups in total. The number of halogens is 1. The molecule has 2 nitrogen and oxygen atoms in total. The molecule has 0 spiro atoms. The minimum absolute atomic E-state index is 0.960. The fourth-order valence-electron chi connectivity index (χ4n) is 0.870. The molecule has 0 heterocycles. The number of nitrogens with zero attached hydrogens (tertiary/aromatic N) is 1. The lowest BCUT2D eigenvalue weighted by Gasteiger charge is -2.30. The highest BCUT2D eigenvalue weighted by atomic mass is 35.6. The predicted octanol–water partition coefficient (Wildman–Crippen LogP) is 1.36. The van der Waals surface area contributed by atoms with Gasteiger partial charge >= 0.3 is 7.71 Å². The van der Waals surface area contributed by atoms with Crippen molar-refractivity contribution >= 4 is 18.8 Å². The van der Waals surface area contributed by atoms with Gasteiger partial charge in [-0.25, -0.2) is 0 Å². The zero-order valence-electron chi connectivity index (χ0n) is 7.24. The van der Waals surface area contributed by atoms with Crippen molar-refractivity contribution < 1.29 is 0 Å². The monoisotopic (exact) mass is 180 g/mol. The van der Waals surface area contributed by atoms with E-state index in [-0.39, 0.29) is 0 Å². The number of nitrogens with one attached hydrogen (secondary N) is 1. The smallest absolute Gasteiger partial charge is 0.304 e. The van der Waals surface area contributed by atoms with Crippen LogP contribution in [0.3, 0.4) is 0 Å². The van der Waals surface area contributed by atoms with Gasteiger partial charge < -0.3 is 9.55 Å². The Bertz CT molecular complexity index is 99.7. The highest BCUT2D eigenvalue weighted by Crippen LogP contribution is 2.12. The molecule has 0 aliphatic heterocycles. The Kier molecular flexibility index (Phi) is 4.52. The Labute approximate surface area is 69.4 Å². The van der Waals surface area contributed by atoms with Crippen molar-refractivity contribution in [2.75, 3.05) is 20.6 Å². The van der Waals surface area contributed by atoms with Gasteiger partial charge in [0.15, 0.2) is 0 Å². The molecule has 4 heteroatoms. The molecule has 0 fully saturated rings. The van der Waals surface area contributed by atoms with E-state index in [4.69, 9.17) is 11.1 Å². The summed E-state index contributed by atoms with van der Waals surface area (Å²) in [7, 11) is 2.32. The molecule has 0 aliphatic rings. The van der Waals surface area contributed by atoms with Gasteiger partial charge in [-0.3, -0.25) is 0 Å². The van der Waals surface area contributed by atoms with E-state index in [0.29, 0.717) is 0 Å². The van der Waals surface area contributed by atoms with Crippen LogP contribution in [0.2, 0.25) is 6.04 Å². The van der Waals surface area contributed by atoms with E-state index >= 15 is 0 Å². The first-order chi connectivity index (χ1) is 4.56. The molecule has 0 saturated heterocycles. The van der Waals surface area contributed by atoms with Crippen molar-refractivity contribution in [1.82, 2.24) is 9.55 Å². The fraction of sp³-hybridized carbons (Fsp3) is 1.00. The number of rotatable bonds is 4. The topological polar surface area (TPSA) is 15.3 Å². The molecule has 62 valence electrons. The average molecular weight is 181 g/mol. The lowest BCUT2D eigenvalue weighted by Crippen LogP contribution is -2.56. The minimum atomic E-state index is -1.75. The van der Waals surface area contributed by atoms with E-state index in [0.717, 1.165) is 12.6 Å². The SMILES string of the molecule is CCN[Si](Cl)(CC)N(C)C. The van der Waals surface area contributed by atoms with Crippen LogP contribution in [0.25, 0.3) is 0 Å². The van der Waals surface area contributed by atoms with Crippen LogP contribution in [0.15, 0.2) is 0 Å². The molecule has 10 heavy (non-hydrogen) atoms. The molecule has 0 rings (SSSR count). The van der Waals surface area contributed by atoms with Gasteiger partial charge in [-0.05, 0) is 26.7 Å². The second-order valence-electron chi connectivity index (χ2n) is 2.54. The summed E-state index contributed by atoms with van der Waals surface area (Å²) in [5.74, 6) is 0. The third kappa shape index (κ3) is 2.58. The first-order valence-corrected chi connectivity index (χ1v) is 6.84. The van der Waals surface area contributed by atoms with Crippen molar-refractivity contribution in [2.45, 2.75) is 19.9 Å². The van der Waals surface area contributed by atoms with E-state index in [2.05, 4.69) is 23.4 Å². The van der Waals surface area contributed by atoms with Gasteiger partial charge in [-0.2, -0.15) is 0 Å². The van der Waals surface area contributed by atoms with Crippen molar-refractivity contribution in [3.63, 3.8) is 0 Å². The quantitative estimate of drug-likeness (QED) is 0.519. The number of hydrogen-bond donors (Lipinski definition) is 1. The lowest BCUT2D eigenvalue weighted by molar-refractivity contribution is 0.604.